The summed E-state index contributed by atoms with van der Waals surface area (Å²) in [5, 5.41) is 2.24. The van der Waals surface area contributed by atoms with Crippen LogP contribution in [0, 0.1) is 40.7 Å². The Morgan fingerprint density at radius 2 is 1.50 bits per heavy atom. The average molecular weight is 427 g/mol. The molecule has 0 spiro atoms. The number of carbonyl (C=O) groups excluding carboxylic acids is 1. The summed E-state index contributed by atoms with van der Waals surface area (Å²) in [6.07, 6.45) is 0. The van der Waals surface area contributed by atoms with Gasteiger partial charge in [0, 0.05) is 28.0 Å². The minimum absolute atomic E-state index is 0.0692. The van der Waals surface area contributed by atoms with Crippen LogP contribution in [0.2, 0.25) is 0 Å². The molecule has 0 unspecified atom stereocenters. The van der Waals surface area contributed by atoms with Gasteiger partial charge >= 0.3 is 0 Å². The second-order valence-corrected chi connectivity index (χ2v) is 7.19. The first kappa shape index (κ1) is 21.9. The number of benzene rings is 2. The van der Waals surface area contributed by atoms with Gasteiger partial charge in [0.05, 0.1) is 11.8 Å². The molecule has 0 radical (unpaired) electrons. The molecular weight excluding hydrogens is 415 g/mol. The van der Waals surface area contributed by atoms with Crippen molar-refractivity contribution in [1.29, 1.82) is 0 Å². The van der Waals surface area contributed by atoms with Gasteiger partial charge in [-0.1, -0.05) is 6.07 Å². The Morgan fingerprint density at radius 1 is 0.964 bits per heavy atom. The van der Waals surface area contributed by atoms with E-state index >= 15 is 0 Å². The fourth-order valence-electron chi connectivity index (χ4n) is 2.35. The van der Waals surface area contributed by atoms with E-state index in [0.29, 0.717) is 6.07 Å². The molecule has 2 aromatic carbocycles. The number of hydrogen-bond donors (Lipinski definition) is 1. The van der Waals surface area contributed by atoms with Gasteiger partial charge in [0.1, 0.15) is 17.4 Å². The predicted molar refractivity (Wildman–Crippen MR) is 85.9 cm³/mol. The summed E-state index contributed by atoms with van der Waals surface area (Å²) in [5.41, 5.74) is -1.37. The normalized spacial score (nSPS) is 13.3. The van der Waals surface area contributed by atoms with E-state index in [2.05, 4.69) is 5.32 Å². The topological polar surface area (TPSA) is 46.2 Å². The van der Waals surface area contributed by atoms with Crippen molar-refractivity contribution >= 4 is 16.7 Å². The second kappa shape index (κ2) is 8.72. The lowest BCUT2D eigenvalue weighted by Gasteiger charge is -2.15. The Balaban J connectivity index is 2.07. The fraction of sp³-hybridized carbons (Fsp3) is 0.235. The largest absolute Gasteiger partial charge is 0.349 e. The molecule has 28 heavy (non-hydrogen) atoms. The highest BCUT2D eigenvalue weighted by Gasteiger charge is 2.27. The maximum atomic E-state index is 13.7. The molecule has 0 heterocycles. The summed E-state index contributed by atoms with van der Waals surface area (Å²) in [7, 11) is -2.33. The molecule has 2 rings (SSSR count). The van der Waals surface area contributed by atoms with Crippen molar-refractivity contribution in [3.05, 3.63) is 70.0 Å². The molecule has 0 bridgehead atoms. The minimum atomic E-state index is -2.35. The lowest BCUT2D eigenvalue weighted by atomic mass is 10.1. The summed E-state index contributed by atoms with van der Waals surface area (Å²) < 4.78 is 105. The lowest BCUT2D eigenvalue weighted by Crippen LogP contribution is -2.31. The number of amides is 1. The first-order valence-electron chi connectivity index (χ1n) is 7.62. The van der Waals surface area contributed by atoms with Gasteiger partial charge < -0.3 is 5.32 Å². The monoisotopic (exact) mass is 427 g/mol. The Labute approximate surface area is 157 Å². The van der Waals surface area contributed by atoms with Crippen molar-refractivity contribution in [3.8, 4) is 0 Å². The smallest absolute Gasteiger partial charge is 0.233 e. The molecule has 1 amide bonds. The van der Waals surface area contributed by atoms with E-state index in [9.17, 15) is 39.7 Å². The van der Waals surface area contributed by atoms with Crippen LogP contribution in [0.25, 0.3) is 0 Å². The Morgan fingerprint density at radius 3 is 2.04 bits per heavy atom. The maximum absolute atomic E-state index is 13.7. The van der Waals surface area contributed by atoms with Gasteiger partial charge in [0.25, 0.3) is 0 Å². The van der Waals surface area contributed by atoms with Crippen LogP contribution >= 0.6 is 0 Å². The van der Waals surface area contributed by atoms with Crippen molar-refractivity contribution in [2.45, 2.75) is 18.7 Å². The molecule has 3 nitrogen and oxygen atoms in total. The SMILES string of the molecule is C[C@@H](NC(=O)C[S@@](=O)Cc1c(F)c(F)c(F)c(F)c1F)c1ccc(F)cc1F. The molecule has 0 saturated heterocycles. The zero-order valence-electron chi connectivity index (χ0n) is 14.1. The lowest BCUT2D eigenvalue weighted by molar-refractivity contribution is -0.119. The molecule has 0 aliphatic rings. The second-order valence-electron chi connectivity index (χ2n) is 5.73. The molecule has 0 fully saturated rings. The van der Waals surface area contributed by atoms with Gasteiger partial charge in [-0.05, 0) is 13.0 Å². The molecule has 2 aromatic rings. The molecule has 2 atom stereocenters. The predicted octanol–water partition coefficient (Wildman–Crippen LogP) is 3.79. The van der Waals surface area contributed by atoms with Crippen LogP contribution in [0.4, 0.5) is 30.7 Å². The van der Waals surface area contributed by atoms with E-state index in [0.717, 1.165) is 12.1 Å². The van der Waals surface area contributed by atoms with E-state index in [1.54, 1.807) is 0 Å². The van der Waals surface area contributed by atoms with Crippen molar-refractivity contribution in [2.24, 2.45) is 0 Å². The molecular formula is C17H12F7NO2S. The van der Waals surface area contributed by atoms with Gasteiger partial charge in [0.15, 0.2) is 23.3 Å². The van der Waals surface area contributed by atoms with Crippen molar-refractivity contribution in [2.75, 3.05) is 5.75 Å². The molecule has 0 aliphatic heterocycles. The highest BCUT2D eigenvalue weighted by molar-refractivity contribution is 7.84. The molecule has 0 aliphatic carbocycles. The third kappa shape index (κ3) is 4.70. The first-order valence-corrected chi connectivity index (χ1v) is 9.11. The molecule has 11 heteroatoms. The zero-order valence-corrected chi connectivity index (χ0v) is 14.9. The van der Waals surface area contributed by atoms with Gasteiger partial charge in [-0.25, -0.2) is 30.7 Å². The van der Waals surface area contributed by atoms with Crippen molar-refractivity contribution in [1.82, 2.24) is 5.32 Å². The van der Waals surface area contributed by atoms with Gasteiger partial charge in [-0.2, -0.15) is 0 Å². The van der Waals surface area contributed by atoms with E-state index in [1.807, 2.05) is 0 Å². The van der Waals surface area contributed by atoms with Crippen LogP contribution in [0.15, 0.2) is 18.2 Å². The van der Waals surface area contributed by atoms with E-state index in [1.165, 1.54) is 6.92 Å². The minimum Gasteiger partial charge on any atom is -0.349 e. The summed E-state index contributed by atoms with van der Waals surface area (Å²) in [4.78, 5) is 11.9. The van der Waals surface area contributed by atoms with Gasteiger partial charge in [-0.3, -0.25) is 9.00 Å². The number of carbonyl (C=O) groups is 1. The first-order chi connectivity index (χ1) is 13.0. The van der Waals surface area contributed by atoms with Crippen LogP contribution in [0.1, 0.15) is 24.1 Å². The highest BCUT2D eigenvalue weighted by Crippen LogP contribution is 2.24. The standard InChI is InChI=1S/C17H12F7NO2S/c1-7(9-3-2-8(18)4-11(9)19)25-12(26)6-28(27)5-10-13(20)15(22)17(24)16(23)14(10)21/h2-4,7H,5-6H2,1H3,(H,25,26)/t7-,28+/m1/s1. The van der Waals surface area contributed by atoms with Crippen molar-refractivity contribution in [3.63, 3.8) is 0 Å². The van der Waals surface area contributed by atoms with Crippen LogP contribution in [0.5, 0.6) is 0 Å². The van der Waals surface area contributed by atoms with E-state index in [-0.39, 0.29) is 5.56 Å². The quantitative estimate of drug-likeness (QED) is 0.433. The summed E-state index contributed by atoms with van der Waals surface area (Å²) >= 11 is 0. The van der Waals surface area contributed by atoms with Crippen LogP contribution in [-0.4, -0.2) is 15.9 Å². The maximum Gasteiger partial charge on any atom is 0.233 e. The number of nitrogens with one attached hydrogen (secondary N) is 1. The molecule has 1 N–H and O–H groups in total. The molecule has 152 valence electrons. The fourth-order valence-corrected chi connectivity index (χ4v) is 3.40. The number of rotatable bonds is 6. The van der Waals surface area contributed by atoms with Crippen molar-refractivity contribution < 1.29 is 39.7 Å². The molecule has 0 aromatic heterocycles. The summed E-state index contributed by atoms with van der Waals surface area (Å²) in [5.74, 6) is -15.6. The Kier molecular flexibility index (Phi) is 6.81. The Bertz CT molecular complexity index is 923. The zero-order chi connectivity index (χ0) is 21.2. The third-order valence-corrected chi connectivity index (χ3v) is 4.90. The van der Waals surface area contributed by atoms with Gasteiger partial charge in [0.2, 0.25) is 11.7 Å². The third-order valence-electron chi connectivity index (χ3n) is 3.70. The van der Waals surface area contributed by atoms with Crippen LogP contribution < -0.4 is 5.32 Å². The number of halogens is 7. The average Bonchev–Trinajstić information content (AvgIpc) is 2.61. The summed E-state index contributed by atoms with van der Waals surface area (Å²) in [6.45, 7) is 1.35. The van der Waals surface area contributed by atoms with E-state index < -0.39 is 80.5 Å². The number of hydrogen-bond acceptors (Lipinski definition) is 2. The molecule has 0 saturated carbocycles. The Hall–Kier alpha value is -2.43. The van der Waals surface area contributed by atoms with Crippen LogP contribution in [0.3, 0.4) is 0 Å². The van der Waals surface area contributed by atoms with Crippen LogP contribution in [-0.2, 0) is 21.3 Å². The summed E-state index contributed by atoms with van der Waals surface area (Å²) in [6, 6.07) is 1.68. The van der Waals surface area contributed by atoms with E-state index in [4.69, 9.17) is 0 Å². The highest BCUT2D eigenvalue weighted by atomic mass is 32.2. The van der Waals surface area contributed by atoms with Gasteiger partial charge in [-0.15, -0.1) is 0 Å².